The molecular weight excluding hydrogens is 186 g/mol. The van der Waals surface area contributed by atoms with Crippen molar-refractivity contribution in [3.8, 4) is 0 Å². The molecule has 0 saturated heterocycles. The molecule has 78 valence electrons. The van der Waals surface area contributed by atoms with Crippen LogP contribution in [0.3, 0.4) is 0 Å². The molecule has 15 heavy (non-hydrogen) atoms. The van der Waals surface area contributed by atoms with Gasteiger partial charge in [0.05, 0.1) is 6.54 Å². The van der Waals surface area contributed by atoms with E-state index in [1.165, 1.54) is 5.56 Å². The first-order valence-electron chi connectivity index (χ1n) is 5.20. The highest BCUT2D eigenvalue weighted by molar-refractivity contribution is 5.84. The predicted molar refractivity (Wildman–Crippen MR) is 61.4 cm³/mol. The minimum atomic E-state index is 0.586. The SMILES string of the molecule is C[C@H]1C=CNC(=NCc2ccncc2)C1. The molecule has 0 aliphatic carbocycles. The van der Waals surface area contributed by atoms with Crippen LogP contribution in [0.15, 0.2) is 41.8 Å². The van der Waals surface area contributed by atoms with E-state index in [0.717, 1.165) is 18.8 Å². The molecule has 0 amide bonds. The fourth-order valence-electron chi connectivity index (χ4n) is 1.53. The van der Waals surface area contributed by atoms with Gasteiger partial charge >= 0.3 is 0 Å². The quantitative estimate of drug-likeness (QED) is 0.795. The standard InChI is InChI=1S/C12H15N3/c1-10-2-7-14-12(8-10)15-9-11-3-5-13-6-4-11/h2-7,10H,8-9H2,1H3,(H,14,15)/t10-/m0/s1. The monoisotopic (exact) mass is 201 g/mol. The molecule has 1 aliphatic heterocycles. The van der Waals surface area contributed by atoms with E-state index in [-0.39, 0.29) is 0 Å². The van der Waals surface area contributed by atoms with Crippen molar-refractivity contribution < 1.29 is 0 Å². The smallest absolute Gasteiger partial charge is 0.101 e. The van der Waals surface area contributed by atoms with Crippen LogP contribution >= 0.6 is 0 Å². The van der Waals surface area contributed by atoms with Crippen LogP contribution < -0.4 is 5.32 Å². The van der Waals surface area contributed by atoms with Crippen molar-refractivity contribution in [2.45, 2.75) is 19.9 Å². The van der Waals surface area contributed by atoms with Crippen molar-refractivity contribution in [2.75, 3.05) is 0 Å². The van der Waals surface area contributed by atoms with E-state index in [1.807, 2.05) is 18.3 Å². The van der Waals surface area contributed by atoms with Crippen LogP contribution in [0.2, 0.25) is 0 Å². The first-order chi connectivity index (χ1) is 7.34. The average molecular weight is 201 g/mol. The molecular formula is C12H15N3. The third-order valence-electron chi connectivity index (χ3n) is 2.39. The molecule has 2 rings (SSSR count). The van der Waals surface area contributed by atoms with Gasteiger partial charge in [0.1, 0.15) is 5.84 Å². The molecule has 1 N–H and O–H groups in total. The molecule has 0 saturated carbocycles. The topological polar surface area (TPSA) is 37.3 Å². The predicted octanol–water partition coefficient (Wildman–Crippen LogP) is 2.12. The molecule has 0 bridgehead atoms. The lowest BCUT2D eigenvalue weighted by Crippen LogP contribution is -2.24. The number of hydrogen-bond donors (Lipinski definition) is 1. The van der Waals surface area contributed by atoms with Crippen molar-refractivity contribution in [1.29, 1.82) is 0 Å². The zero-order valence-electron chi connectivity index (χ0n) is 8.85. The van der Waals surface area contributed by atoms with Crippen molar-refractivity contribution >= 4 is 5.84 Å². The summed E-state index contributed by atoms with van der Waals surface area (Å²) in [5, 5.41) is 3.17. The van der Waals surface area contributed by atoms with E-state index in [2.05, 4.69) is 28.3 Å². The maximum Gasteiger partial charge on any atom is 0.101 e. The van der Waals surface area contributed by atoms with Gasteiger partial charge in [-0.25, -0.2) is 0 Å². The number of nitrogens with zero attached hydrogens (tertiary/aromatic N) is 2. The van der Waals surface area contributed by atoms with Gasteiger partial charge in [-0.3, -0.25) is 9.98 Å². The highest BCUT2D eigenvalue weighted by atomic mass is 15.0. The molecule has 0 radical (unpaired) electrons. The molecule has 1 atom stereocenters. The molecule has 0 spiro atoms. The van der Waals surface area contributed by atoms with E-state index in [9.17, 15) is 0 Å². The van der Waals surface area contributed by atoms with Crippen LogP contribution in [-0.2, 0) is 6.54 Å². The minimum Gasteiger partial charge on any atom is -0.351 e. The Kier molecular flexibility index (Phi) is 3.12. The lowest BCUT2D eigenvalue weighted by atomic mass is 10.1. The number of pyridine rings is 1. The van der Waals surface area contributed by atoms with Gasteiger partial charge in [0, 0.05) is 18.8 Å². The second-order valence-corrected chi connectivity index (χ2v) is 3.80. The van der Waals surface area contributed by atoms with Crippen molar-refractivity contribution in [3.05, 3.63) is 42.4 Å². The zero-order chi connectivity index (χ0) is 10.5. The normalized spacial score (nSPS) is 22.7. The number of aliphatic imine (C=N–C) groups is 1. The maximum absolute atomic E-state index is 4.53. The average Bonchev–Trinajstić information content (AvgIpc) is 2.28. The van der Waals surface area contributed by atoms with Crippen LogP contribution in [0.4, 0.5) is 0 Å². The minimum absolute atomic E-state index is 0.586. The van der Waals surface area contributed by atoms with E-state index in [1.54, 1.807) is 12.4 Å². The van der Waals surface area contributed by atoms with E-state index >= 15 is 0 Å². The molecule has 1 aromatic rings. The summed E-state index contributed by atoms with van der Waals surface area (Å²) < 4.78 is 0. The third kappa shape index (κ3) is 2.91. The van der Waals surface area contributed by atoms with Crippen LogP contribution in [0.1, 0.15) is 18.9 Å². The second-order valence-electron chi connectivity index (χ2n) is 3.80. The first kappa shape index (κ1) is 9.90. The molecule has 0 fully saturated rings. The van der Waals surface area contributed by atoms with Gasteiger partial charge < -0.3 is 5.32 Å². The van der Waals surface area contributed by atoms with Crippen molar-refractivity contribution in [2.24, 2.45) is 10.9 Å². The molecule has 1 aromatic heterocycles. The summed E-state index contributed by atoms with van der Waals surface area (Å²) in [6.07, 6.45) is 8.73. The van der Waals surface area contributed by atoms with Crippen molar-refractivity contribution in [1.82, 2.24) is 10.3 Å². The van der Waals surface area contributed by atoms with E-state index in [0.29, 0.717) is 5.92 Å². The lowest BCUT2D eigenvalue weighted by molar-refractivity contribution is 0.726. The Morgan fingerprint density at radius 1 is 1.47 bits per heavy atom. The number of allylic oxidation sites excluding steroid dienone is 1. The summed E-state index contributed by atoms with van der Waals surface area (Å²) in [5.41, 5.74) is 1.20. The Labute approximate surface area is 90.0 Å². The van der Waals surface area contributed by atoms with E-state index in [4.69, 9.17) is 0 Å². The zero-order valence-corrected chi connectivity index (χ0v) is 8.85. The molecule has 3 heteroatoms. The highest BCUT2D eigenvalue weighted by Gasteiger charge is 2.07. The Balaban J connectivity index is 1.97. The summed E-state index contributed by atoms with van der Waals surface area (Å²) in [6, 6.07) is 3.98. The largest absolute Gasteiger partial charge is 0.351 e. The second kappa shape index (κ2) is 4.73. The number of nitrogens with one attached hydrogen (secondary N) is 1. The summed E-state index contributed by atoms with van der Waals surface area (Å²) in [5.74, 6) is 1.66. The van der Waals surface area contributed by atoms with Crippen LogP contribution in [0, 0.1) is 5.92 Å². The number of hydrogen-bond acceptors (Lipinski definition) is 2. The summed E-state index contributed by atoms with van der Waals surface area (Å²) in [4.78, 5) is 8.51. The molecule has 2 heterocycles. The number of amidine groups is 1. The molecule has 3 nitrogen and oxygen atoms in total. The number of aromatic nitrogens is 1. The van der Waals surface area contributed by atoms with Gasteiger partial charge in [0.25, 0.3) is 0 Å². The number of rotatable bonds is 2. The summed E-state index contributed by atoms with van der Waals surface area (Å²) in [6.45, 7) is 2.92. The fraction of sp³-hybridized carbons (Fsp3) is 0.333. The first-order valence-corrected chi connectivity index (χ1v) is 5.20. The summed E-state index contributed by atoms with van der Waals surface area (Å²) in [7, 11) is 0. The van der Waals surface area contributed by atoms with Gasteiger partial charge in [0.2, 0.25) is 0 Å². The maximum atomic E-state index is 4.53. The van der Waals surface area contributed by atoms with Crippen LogP contribution in [0.5, 0.6) is 0 Å². The Bertz CT molecular complexity index is 368. The fourth-order valence-corrected chi connectivity index (χ4v) is 1.53. The van der Waals surface area contributed by atoms with Gasteiger partial charge in [-0.05, 0) is 29.8 Å². The molecule has 0 aromatic carbocycles. The molecule has 0 unspecified atom stereocenters. The Morgan fingerprint density at radius 2 is 2.27 bits per heavy atom. The Hall–Kier alpha value is -1.64. The van der Waals surface area contributed by atoms with Gasteiger partial charge in [0.15, 0.2) is 0 Å². The van der Waals surface area contributed by atoms with Crippen molar-refractivity contribution in [3.63, 3.8) is 0 Å². The van der Waals surface area contributed by atoms with Gasteiger partial charge in [-0.1, -0.05) is 13.0 Å². The van der Waals surface area contributed by atoms with Crippen LogP contribution in [-0.4, -0.2) is 10.8 Å². The Morgan fingerprint density at radius 3 is 3.00 bits per heavy atom. The summed E-state index contributed by atoms with van der Waals surface area (Å²) >= 11 is 0. The van der Waals surface area contributed by atoms with Gasteiger partial charge in [-0.15, -0.1) is 0 Å². The lowest BCUT2D eigenvalue weighted by Gasteiger charge is -2.15. The molecule has 1 aliphatic rings. The highest BCUT2D eigenvalue weighted by Crippen LogP contribution is 2.09. The third-order valence-corrected chi connectivity index (χ3v) is 2.39. The van der Waals surface area contributed by atoms with Gasteiger partial charge in [-0.2, -0.15) is 0 Å². The van der Waals surface area contributed by atoms with Crippen LogP contribution in [0.25, 0.3) is 0 Å². The van der Waals surface area contributed by atoms with E-state index < -0.39 is 0 Å².